The van der Waals surface area contributed by atoms with Gasteiger partial charge in [-0.2, -0.15) is 0 Å². The van der Waals surface area contributed by atoms with Gasteiger partial charge in [-0.3, -0.25) is 4.79 Å². The molecule has 0 aliphatic carbocycles. The molecule has 1 aromatic carbocycles. The van der Waals surface area contributed by atoms with E-state index in [1.54, 1.807) is 6.92 Å². The zero-order chi connectivity index (χ0) is 13.9. The van der Waals surface area contributed by atoms with Crippen LogP contribution in [0.4, 0.5) is 8.78 Å². The van der Waals surface area contributed by atoms with Gasteiger partial charge < -0.3 is 10.8 Å². The molecule has 3 N–H and O–H groups in total. The molecule has 0 aromatic heterocycles. The normalized spacial score (nSPS) is 14.3. The Labute approximate surface area is 112 Å². The third-order valence-electron chi connectivity index (χ3n) is 2.62. The van der Waals surface area contributed by atoms with E-state index in [1.165, 1.54) is 0 Å². The minimum absolute atomic E-state index is 0.0366. The fraction of sp³-hybridized carbons (Fsp3) is 0.417. The van der Waals surface area contributed by atoms with E-state index in [-0.39, 0.29) is 28.8 Å². The lowest BCUT2D eigenvalue weighted by Gasteiger charge is -2.17. The van der Waals surface area contributed by atoms with E-state index in [0.29, 0.717) is 0 Å². The molecule has 0 saturated heterocycles. The predicted octanol–water partition coefficient (Wildman–Crippen LogP) is 3.23. The first kappa shape index (κ1) is 15.0. The molecule has 1 rings (SSSR count). The van der Waals surface area contributed by atoms with Crippen molar-refractivity contribution in [2.45, 2.75) is 25.8 Å². The van der Waals surface area contributed by atoms with E-state index >= 15 is 0 Å². The average Bonchev–Trinajstić information content (AvgIpc) is 2.21. The molecule has 100 valence electrons. The molecule has 2 unspecified atom stereocenters. The van der Waals surface area contributed by atoms with Crippen LogP contribution in [0.3, 0.4) is 0 Å². The van der Waals surface area contributed by atoms with Crippen molar-refractivity contribution in [3.63, 3.8) is 0 Å². The summed E-state index contributed by atoms with van der Waals surface area (Å²) in [5.74, 6) is -2.33. The number of carboxylic acid groups (broad SMARTS) is 1. The first-order valence-corrected chi connectivity index (χ1v) is 6.22. The number of nitrogens with two attached hydrogens (primary N) is 1. The van der Waals surface area contributed by atoms with Crippen LogP contribution in [0.1, 0.15) is 31.4 Å². The lowest BCUT2D eigenvalue weighted by Crippen LogP contribution is -2.17. The van der Waals surface area contributed by atoms with E-state index < -0.39 is 23.6 Å². The molecule has 18 heavy (non-hydrogen) atoms. The number of carbonyl (C=O) groups is 1. The molecule has 0 spiro atoms. The third-order valence-corrected chi connectivity index (χ3v) is 3.23. The lowest BCUT2D eigenvalue weighted by molar-refractivity contribution is -0.138. The molecule has 0 aliphatic heterocycles. The van der Waals surface area contributed by atoms with Crippen LogP contribution in [0.5, 0.6) is 0 Å². The van der Waals surface area contributed by atoms with Gasteiger partial charge in [-0.05, 0) is 40.4 Å². The summed E-state index contributed by atoms with van der Waals surface area (Å²) in [5, 5.41) is 8.62. The highest BCUT2D eigenvalue weighted by Gasteiger charge is 2.18. The number of aliphatic carboxylic acids is 1. The molecule has 0 amide bonds. The molecule has 1 aromatic rings. The second-order valence-electron chi connectivity index (χ2n) is 4.33. The Bertz CT molecular complexity index is 454. The second-order valence-corrected chi connectivity index (χ2v) is 5.19. The van der Waals surface area contributed by atoms with Gasteiger partial charge >= 0.3 is 5.97 Å². The van der Waals surface area contributed by atoms with Crippen molar-refractivity contribution in [2.24, 2.45) is 11.7 Å². The number of hydrogen-bond donors (Lipinski definition) is 2. The van der Waals surface area contributed by atoms with Crippen LogP contribution in [0.25, 0.3) is 0 Å². The average molecular weight is 322 g/mol. The highest BCUT2D eigenvalue weighted by atomic mass is 79.9. The van der Waals surface area contributed by atoms with Gasteiger partial charge in [0, 0.05) is 18.0 Å². The zero-order valence-electron chi connectivity index (χ0n) is 9.79. The first-order valence-electron chi connectivity index (χ1n) is 5.43. The van der Waals surface area contributed by atoms with Crippen molar-refractivity contribution in [3.8, 4) is 0 Å². The van der Waals surface area contributed by atoms with Crippen molar-refractivity contribution >= 4 is 21.9 Å². The maximum Gasteiger partial charge on any atom is 0.303 e. The van der Waals surface area contributed by atoms with E-state index in [9.17, 15) is 13.6 Å². The van der Waals surface area contributed by atoms with Crippen molar-refractivity contribution in [2.75, 3.05) is 0 Å². The molecule has 0 aliphatic rings. The number of rotatable bonds is 5. The van der Waals surface area contributed by atoms with Crippen LogP contribution in [0.2, 0.25) is 0 Å². The minimum Gasteiger partial charge on any atom is -0.481 e. The molecular formula is C12H14BrF2NO2. The van der Waals surface area contributed by atoms with Crippen LogP contribution in [-0.4, -0.2) is 11.1 Å². The summed E-state index contributed by atoms with van der Waals surface area (Å²) in [6, 6.07) is 1.34. The smallest absolute Gasteiger partial charge is 0.303 e. The largest absolute Gasteiger partial charge is 0.481 e. The molecular weight excluding hydrogens is 308 g/mol. The van der Waals surface area contributed by atoms with E-state index in [0.717, 1.165) is 12.1 Å². The second kappa shape index (κ2) is 6.24. The van der Waals surface area contributed by atoms with Gasteiger partial charge in [0.1, 0.15) is 11.6 Å². The Hall–Kier alpha value is -1.01. The highest BCUT2D eigenvalue weighted by Crippen LogP contribution is 2.27. The molecule has 0 radical (unpaired) electrons. The molecule has 6 heteroatoms. The fourth-order valence-corrected chi connectivity index (χ4v) is 2.08. The monoisotopic (exact) mass is 321 g/mol. The standard InChI is InChI=1S/C12H14BrF2NO2/c1-6(3-12(17)18)2-11(16)7-4-10(15)8(13)5-9(7)14/h4-6,11H,2-3,16H2,1H3,(H,17,18). The fourth-order valence-electron chi connectivity index (χ4n) is 1.76. The van der Waals surface area contributed by atoms with Gasteiger partial charge in [0.05, 0.1) is 4.47 Å². The van der Waals surface area contributed by atoms with Crippen LogP contribution < -0.4 is 5.73 Å². The topological polar surface area (TPSA) is 63.3 Å². The number of carboxylic acids is 1. The van der Waals surface area contributed by atoms with Gasteiger partial charge in [0.15, 0.2) is 0 Å². The Balaban J connectivity index is 2.81. The minimum atomic E-state index is -0.933. The summed E-state index contributed by atoms with van der Waals surface area (Å²) in [5.41, 5.74) is 5.84. The summed E-state index contributed by atoms with van der Waals surface area (Å²) in [7, 11) is 0. The van der Waals surface area contributed by atoms with Gasteiger partial charge in [-0.25, -0.2) is 8.78 Å². The number of benzene rings is 1. The molecule has 0 bridgehead atoms. The van der Waals surface area contributed by atoms with E-state index in [2.05, 4.69) is 15.9 Å². The molecule has 3 nitrogen and oxygen atoms in total. The SMILES string of the molecule is CC(CC(=O)O)CC(N)c1cc(F)c(Br)cc1F. The van der Waals surface area contributed by atoms with Crippen molar-refractivity contribution in [3.05, 3.63) is 33.8 Å². The summed E-state index contributed by atoms with van der Waals surface area (Å²) < 4.78 is 26.9. The van der Waals surface area contributed by atoms with Crippen molar-refractivity contribution < 1.29 is 18.7 Å². The summed E-state index contributed by atoms with van der Waals surface area (Å²) >= 11 is 2.88. The summed E-state index contributed by atoms with van der Waals surface area (Å²) in [4.78, 5) is 10.5. The maximum atomic E-state index is 13.6. The van der Waals surface area contributed by atoms with Gasteiger partial charge in [-0.15, -0.1) is 0 Å². The van der Waals surface area contributed by atoms with Gasteiger partial charge in [0.25, 0.3) is 0 Å². The van der Waals surface area contributed by atoms with Crippen LogP contribution >= 0.6 is 15.9 Å². The van der Waals surface area contributed by atoms with E-state index in [1.807, 2.05) is 0 Å². The summed E-state index contributed by atoms with van der Waals surface area (Å²) in [6.45, 7) is 1.71. The molecule has 0 saturated carbocycles. The first-order chi connectivity index (χ1) is 8.31. The Morgan fingerprint density at radius 1 is 1.44 bits per heavy atom. The Kier molecular flexibility index (Phi) is 5.22. The molecule has 2 atom stereocenters. The quantitative estimate of drug-likeness (QED) is 0.818. The third kappa shape index (κ3) is 4.03. The number of halogens is 3. The summed E-state index contributed by atoms with van der Waals surface area (Å²) in [6.07, 6.45) is 0.235. The van der Waals surface area contributed by atoms with Crippen molar-refractivity contribution in [1.29, 1.82) is 0 Å². The number of hydrogen-bond acceptors (Lipinski definition) is 2. The maximum absolute atomic E-state index is 13.6. The highest BCUT2D eigenvalue weighted by molar-refractivity contribution is 9.10. The van der Waals surface area contributed by atoms with Gasteiger partial charge in [-0.1, -0.05) is 6.92 Å². The van der Waals surface area contributed by atoms with E-state index in [4.69, 9.17) is 10.8 Å². The zero-order valence-corrected chi connectivity index (χ0v) is 11.4. The van der Waals surface area contributed by atoms with Crippen LogP contribution in [0.15, 0.2) is 16.6 Å². The van der Waals surface area contributed by atoms with Crippen LogP contribution in [-0.2, 0) is 4.79 Å². The molecule has 0 heterocycles. The Morgan fingerprint density at radius 2 is 2.06 bits per heavy atom. The van der Waals surface area contributed by atoms with Crippen LogP contribution in [0, 0.1) is 17.6 Å². The van der Waals surface area contributed by atoms with Crippen molar-refractivity contribution in [1.82, 2.24) is 0 Å². The predicted molar refractivity (Wildman–Crippen MR) is 67.0 cm³/mol. The van der Waals surface area contributed by atoms with Gasteiger partial charge in [0.2, 0.25) is 0 Å². The molecule has 0 fully saturated rings. The Morgan fingerprint density at radius 3 is 2.61 bits per heavy atom. The lowest BCUT2D eigenvalue weighted by atomic mass is 9.94.